The minimum atomic E-state index is 0.282. The van der Waals surface area contributed by atoms with E-state index in [9.17, 15) is 0 Å². The van der Waals surface area contributed by atoms with Gasteiger partial charge in [0.05, 0.1) is 5.69 Å². The largest absolute Gasteiger partial charge is 0.385 e. The lowest BCUT2D eigenvalue weighted by Crippen LogP contribution is -2.21. The Hall–Kier alpha value is -1.46. The van der Waals surface area contributed by atoms with Gasteiger partial charge in [0, 0.05) is 43.9 Å². The first-order chi connectivity index (χ1) is 10.3. The van der Waals surface area contributed by atoms with Gasteiger partial charge in [0.1, 0.15) is 0 Å². The second-order valence-corrected chi connectivity index (χ2v) is 5.85. The highest BCUT2D eigenvalue weighted by Crippen LogP contribution is 2.27. The fourth-order valence-electron chi connectivity index (χ4n) is 2.70. The van der Waals surface area contributed by atoms with Gasteiger partial charge in [0.2, 0.25) is 0 Å². The fourth-order valence-corrected chi connectivity index (χ4v) is 2.70. The molecular weight excluding hydrogens is 264 g/mol. The van der Waals surface area contributed by atoms with E-state index in [1.807, 2.05) is 16.9 Å². The lowest BCUT2D eigenvalue weighted by molar-refractivity contribution is 0.191. The molecule has 2 heterocycles. The van der Waals surface area contributed by atoms with E-state index in [0.717, 1.165) is 37.3 Å². The number of hydrogen-bond donors (Lipinski definition) is 1. The number of aryl methyl sites for hydroxylation is 1. The first-order valence-electron chi connectivity index (χ1n) is 7.86. The van der Waals surface area contributed by atoms with E-state index in [1.165, 1.54) is 18.2 Å². The molecule has 1 aliphatic carbocycles. The maximum absolute atomic E-state index is 5.11. The lowest BCUT2D eigenvalue weighted by atomic mass is 10.1. The molecule has 0 aliphatic heterocycles. The molecule has 2 aromatic rings. The SMILES string of the molecule is COCCCCn1nc(C(C)NC2CC2)c2cccnc21. The van der Waals surface area contributed by atoms with E-state index < -0.39 is 0 Å². The van der Waals surface area contributed by atoms with E-state index in [2.05, 4.69) is 23.3 Å². The van der Waals surface area contributed by atoms with Crippen LogP contribution in [0.15, 0.2) is 18.3 Å². The van der Waals surface area contributed by atoms with E-state index in [4.69, 9.17) is 9.84 Å². The Morgan fingerprint density at radius 3 is 3.05 bits per heavy atom. The minimum Gasteiger partial charge on any atom is -0.385 e. The van der Waals surface area contributed by atoms with Crippen molar-refractivity contribution in [1.82, 2.24) is 20.1 Å². The third-order valence-electron chi connectivity index (χ3n) is 3.98. The van der Waals surface area contributed by atoms with Crippen molar-refractivity contribution in [2.45, 2.75) is 51.2 Å². The third-order valence-corrected chi connectivity index (χ3v) is 3.98. The summed E-state index contributed by atoms with van der Waals surface area (Å²) in [5.41, 5.74) is 2.12. The molecule has 0 amide bonds. The Morgan fingerprint density at radius 2 is 2.29 bits per heavy atom. The summed E-state index contributed by atoms with van der Waals surface area (Å²) < 4.78 is 7.15. The monoisotopic (exact) mass is 288 g/mol. The molecule has 5 nitrogen and oxygen atoms in total. The third kappa shape index (κ3) is 3.41. The van der Waals surface area contributed by atoms with Crippen LogP contribution >= 0.6 is 0 Å². The van der Waals surface area contributed by atoms with Crippen molar-refractivity contribution in [3.05, 3.63) is 24.0 Å². The normalized spacial score (nSPS) is 16.5. The van der Waals surface area contributed by atoms with Gasteiger partial charge in [0.15, 0.2) is 5.65 Å². The average molecular weight is 288 g/mol. The summed E-state index contributed by atoms with van der Waals surface area (Å²) in [7, 11) is 1.74. The highest BCUT2D eigenvalue weighted by molar-refractivity contribution is 5.78. The highest BCUT2D eigenvalue weighted by atomic mass is 16.5. The van der Waals surface area contributed by atoms with Gasteiger partial charge in [-0.05, 0) is 44.7 Å². The van der Waals surface area contributed by atoms with Crippen molar-refractivity contribution >= 4 is 11.0 Å². The molecule has 1 aliphatic rings. The van der Waals surface area contributed by atoms with Crippen LogP contribution in [0, 0.1) is 0 Å². The standard InChI is InChI=1S/C16H24N4O/c1-12(18-13-7-8-13)15-14-6-5-9-17-16(14)20(19-15)10-3-4-11-21-2/h5-6,9,12-13,18H,3-4,7-8,10-11H2,1-2H3. The lowest BCUT2D eigenvalue weighted by Gasteiger charge is -2.10. The first-order valence-corrected chi connectivity index (χ1v) is 7.86. The van der Waals surface area contributed by atoms with Crippen molar-refractivity contribution in [2.75, 3.05) is 13.7 Å². The van der Waals surface area contributed by atoms with Crippen LogP contribution in [-0.4, -0.2) is 34.5 Å². The maximum atomic E-state index is 5.11. The number of pyridine rings is 1. The van der Waals surface area contributed by atoms with Crippen molar-refractivity contribution in [2.24, 2.45) is 0 Å². The Kier molecular flexibility index (Phi) is 4.51. The second-order valence-electron chi connectivity index (χ2n) is 5.85. The topological polar surface area (TPSA) is 52.0 Å². The van der Waals surface area contributed by atoms with E-state index in [1.54, 1.807) is 7.11 Å². The molecule has 0 aromatic carbocycles. The molecule has 114 valence electrons. The summed E-state index contributed by atoms with van der Waals surface area (Å²) in [5.74, 6) is 0. The number of nitrogens with one attached hydrogen (secondary N) is 1. The number of aromatic nitrogens is 3. The zero-order chi connectivity index (χ0) is 14.7. The predicted molar refractivity (Wildman–Crippen MR) is 83.2 cm³/mol. The molecule has 0 bridgehead atoms. The summed E-state index contributed by atoms with van der Waals surface area (Å²) in [4.78, 5) is 4.52. The maximum Gasteiger partial charge on any atom is 0.158 e. The van der Waals surface area contributed by atoms with E-state index in [0.29, 0.717) is 6.04 Å². The van der Waals surface area contributed by atoms with Gasteiger partial charge in [-0.25, -0.2) is 9.67 Å². The number of rotatable bonds is 8. The van der Waals surface area contributed by atoms with Crippen LogP contribution in [0.5, 0.6) is 0 Å². The zero-order valence-corrected chi connectivity index (χ0v) is 12.9. The minimum absolute atomic E-state index is 0.282. The van der Waals surface area contributed by atoms with Crippen molar-refractivity contribution in [3.63, 3.8) is 0 Å². The van der Waals surface area contributed by atoms with Crippen LogP contribution in [0.2, 0.25) is 0 Å². The Morgan fingerprint density at radius 1 is 1.43 bits per heavy atom. The summed E-state index contributed by atoms with van der Waals surface area (Å²) in [6.45, 7) is 3.90. The fraction of sp³-hybridized carbons (Fsp3) is 0.625. The predicted octanol–water partition coefficient (Wildman–Crippen LogP) is 2.67. The number of fused-ring (bicyclic) bond motifs is 1. The number of nitrogens with zero attached hydrogens (tertiary/aromatic N) is 3. The van der Waals surface area contributed by atoms with Crippen molar-refractivity contribution < 1.29 is 4.74 Å². The molecule has 21 heavy (non-hydrogen) atoms. The van der Waals surface area contributed by atoms with Gasteiger partial charge in [-0.1, -0.05) is 0 Å². The average Bonchev–Trinajstić information content (AvgIpc) is 3.23. The molecule has 1 unspecified atom stereocenters. The molecule has 0 spiro atoms. The first kappa shape index (κ1) is 14.5. The molecule has 0 radical (unpaired) electrons. The molecule has 1 atom stereocenters. The van der Waals surface area contributed by atoms with Crippen LogP contribution < -0.4 is 5.32 Å². The van der Waals surface area contributed by atoms with Gasteiger partial charge in [-0.15, -0.1) is 0 Å². The molecule has 1 N–H and O–H groups in total. The Labute approximate surface area is 125 Å². The molecular formula is C16H24N4O. The van der Waals surface area contributed by atoms with Crippen LogP contribution in [0.3, 0.4) is 0 Å². The van der Waals surface area contributed by atoms with Gasteiger partial charge < -0.3 is 10.1 Å². The van der Waals surface area contributed by atoms with Crippen LogP contribution in [0.4, 0.5) is 0 Å². The molecule has 1 fully saturated rings. The van der Waals surface area contributed by atoms with E-state index >= 15 is 0 Å². The zero-order valence-electron chi connectivity index (χ0n) is 12.9. The smallest absolute Gasteiger partial charge is 0.158 e. The Balaban J connectivity index is 1.79. The Bertz CT molecular complexity index is 591. The molecule has 1 saturated carbocycles. The molecule has 3 rings (SSSR count). The van der Waals surface area contributed by atoms with Crippen LogP contribution in [-0.2, 0) is 11.3 Å². The quantitative estimate of drug-likeness (QED) is 0.759. The van der Waals surface area contributed by atoms with Crippen molar-refractivity contribution in [1.29, 1.82) is 0 Å². The van der Waals surface area contributed by atoms with Gasteiger partial charge in [0.25, 0.3) is 0 Å². The molecule has 0 saturated heterocycles. The van der Waals surface area contributed by atoms with Gasteiger partial charge in [-0.2, -0.15) is 5.10 Å². The van der Waals surface area contributed by atoms with Crippen molar-refractivity contribution in [3.8, 4) is 0 Å². The summed E-state index contributed by atoms with van der Waals surface area (Å²) >= 11 is 0. The van der Waals surface area contributed by atoms with Gasteiger partial charge in [-0.3, -0.25) is 0 Å². The van der Waals surface area contributed by atoms with E-state index in [-0.39, 0.29) is 6.04 Å². The number of hydrogen-bond acceptors (Lipinski definition) is 4. The molecule has 5 heteroatoms. The summed E-state index contributed by atoms with van der Waals surface area (Å²) in [5, 5.41) is 9.62. The summed E-state index contributed by atoms with van der Waals surface area (Å²) in [6, 6.07) is 5.08. The van der Waals surface area contributed by atoms with Gasteiger partial charge >= 0.3 is 0 Å². The number of ether oxygens (including phenoxy) is 1. The molecule has 2 aromatic heterocycles. The summed E-state index contributed by atoms with van der Waals surface area (Å²) in [6.07, 6.45) is 6.54. The second kappa shape index (κ2) is 6.54. The number of methoxy groups -OCH3 is 1. The highest BCUT2D eigenvalue weighted by Gasteiger charge is 2.25. The van der Waals surface area contributed by atoms with Crippen LogP contribution in [0.1, 0.15) is 44.3 Å². The number of unbranched alkanes of at least 4 members (excludes halogenated alkanes) is 1. The van der Waals surface area contributed by atoms with Crippen LogP contribution in [0.25, 0.3) is 11.0 Å².